The van der Waals surface area contributed by atoms with Gasteiger partial charge in [-0.15, -0.1) is 0 Å². The van der Waals surface area contributed by atoms with Gasteiger partial charge in [-0.05, 0) is 72.6 Å². The maximum Gasteiger partial charge on any atom is 0.276 e. The number of nitrogens with zero attached hydrogens (tertiary/aromatic N) is 4. The molecule has 2 amide bonds. The van der Waals surface area contributed by atoms with E-state index in [1.54, 1.807) is 27.0 Å². The minimum Gasteiger partial charge on any atom is -0.392 e. The fourth-order valence-corrected chi connectivity index (χ4v) is 6.79. The van der Waals surface area contributed by atoms with E-state index in [9.17, 15) is 14.7 Å². The molecule has 0 bridgehead atoms. The number of aliphatic hydroxyl groups excluding tert-OH is 1. The van der Waals surface area contributed by atoms with E-state index in [-0.39, 0.29) is 36.1 Å². The van der Waals surface area contributed by atoms with Crippen LogP contribution < -0.4 is 0 Å². The topological polar surface area (TPSA) is 78.2 Å². The van der Waals surface area contributed by atoms with Crippen molar-refractivity contribution in [3.05, 3.63) is 57.5 Å². The molecular weight excluding hydrogens is 496 g/mol. The van der Waals surface area contributed by atoms with Gasteiger partial charge in [0.1, 0.15) is 6.54 Å². The number of piperazine rings is 1. The van der Waals surface area contributed by atoms with E-state index in [1.807, 2.05) is 17.5 Å². The molecular formula is C27H27ClN4O3S. The SMILES string of the molecule is O=C1CN(C(=O)c2nn3c(-c4ccsc4)cc(C4CC4)cc3c2Cl)CCN1/C=C/C1C[C@@H]2C[C@@H]2[C@@H]1O. The van der Waals surface area contributed by atoms with Gasteiger partial charge in [-0.1, -0.05) is 17.7 Å². The van der Waals surface area contributed by atoms with Crippen molar-refractivity contribution in [1.82, 2.24) is 19.4 Å². The van der Waals surface area contributed by atoms with Crippen LogP contribution in [-0.4, -0.2) is 62.1 Å². The Morgan fingerprint density at radius 2 is 2.08 bits per heavy atom. The number of halogens is 1. The summed E-state index contributed by atoms with van der Waals surface area (Å²) in [4.78, 5) is 29.5. The molecule has 186 valence electrons. The lowest BCUT2D eigenvalue weighted by molar-refractivity contribution is -0.132. The molecule has 1 N–H and O–H groups in total. The minimum absolute atomic E-state index is 0.0173. The lowest BCUT2D eigenvalue weighted by Gasteiger charge is -2.32. The lowest BCUT2D eigenvalue weighted by atomic mass is 10.0. The molecule has 0 aromatic carbocycles. The number of aliphatic hydroxyl groups is 1. The lowest BCUT2D eigenvalue weighted by Crippen LogP contribution is -2.50. The molecule has 36 heavy (non-hydrogen) atoms. The number of thiophene rings is 1. The highest BCUT2D eigenvalue weighted by molar-refractivity contribution is 7.08. The summed E-state index contributed by atoms with van der Waals surface area (Å²) in [6.45, 7) is 0.798. The fourth-order valence-electron chi connectivity index (χ4n) is 5.88. The molecule has 9 heteroatoms. The maximum atomic E-state index is 13.5. The van der Waals surface area contributed by atoms with Crippen molar-refractivity contribution < 1.29 is 14.7 Å². The average molecular weight is 523 g/mol. The molecule has 4 heterocycles. The van der Waals surface area contributed by atoms with Crippen LogP contribution in [-0.2, 0) is 4.79 Å². The predicted octanol–water partition coefficient (Wildman–Crippen LogP) is 4.41. The Labute approximate surface area is 218 Å². The number of carbonyl (C=O) groups excluding carboxylic acids is 2. The molecule has 4 atom stereocenters. The molecule has 3 aliphatic carbocycles. The molecule has 7 rings (SSSR count). The summed E-state index contributed by atoms with van der Waals surface area (Å²) in [5, 5.41) is 19.4. The van der Waals surface area contributed by atoms with Crippen molar-refractivity contribution in [2.45, 2.75) is 37.7 Å². The number of hydrogen-bond donors (Lipinski definition) is 1. The molecule has 7 nitrogen and oxygen atoms in total. The third kappa shape index (κ3) is 3.78. The van der Waals surface area contributed by atoms with Gasteiger partial charge in [-0.2, -0.15) is 16.4 Å². The number of carbonyl (C=O) groups is 2. The third-order valence-corrected chi connectivity index (χ3v) is 9.31. The molecule has 3 aromatic heterocycles. The number of pyridine rings is 1. The molecule has 3 saturated carbocycles. The number of rotatable bonds is 5. The van der Waals surface area contributed by atoms with Crippen LogP contribution in [0, 0.1) is 17.8 Å². The van der Waals surface area contributed by atoms with Crippen LogP contribution in [0.1, 0.15) is 47.7 Å². The van der Waals surface area contributed by atoms with Gasteiger partial charge in [0.2, 0.25) is 5.91 Å². The smallest absolute Gasteiger partial charge is 0.276 e. The van der Waals surface area contributed by atoms with Crippen molar-refractivity contribution in [3.63, 3.8) is 0 Å². The van der Waals surface area contributed by atoms with Crippen LogP contribution in [0.5, 0.6) is 0 Å². The monoisotopic (exact) mass is 522 g/mol. The number of hydrogen-bond acceptors (Lipinski definition) is 5. The summed E-state index contributed by atoms with van der Waals surface area (Å²) in [6.07, 6.45) is 7.93. The standard InChI is InChI=1S/C27H27ClN4O3S/c28-24-22-12-18(15-1-2-15)11-21(17-4-8-36-14-17)32(22)29-25(24)27(35)31-7-6-30(23(33)13-31)5-3-16-9-19-10-20(19)26(16)34/h3-5,8,11-12,14-16,19-20,26,34H,1-2,6-7,9-10,13H2/b5-3+/t16?,19-,20+,26-/m1/s1. The molecule has 1 aliphatic heterocycles. The van der Waals surface area contributed by atoms with E-state index < -0.39 is 0 Å². The van der Waals surface area contributed by atoms with Crippen molar-refractivity contribution in [1.29, 1.82) is 0 Å². The van der Waals surface area contributed by atoms with Gasteiger partial charge in [0, 0.05) is 36.2 Å². The zero-order chi connectivity index (χ0) is 24.6. The van der Waals surface area contributed by atoms with Crippen LogP contribution >= 0.6 is 22.9 Å². The Hall–Kier alpha value is -2.68. The third-order valence-electron chi connectivity index (χ3n) is 8.25. The van der Waals surface area contributed by atoms with Gasteiger partial charge in [0.25, 0.3) is 5.91 Å². The maximum absolute atomic E-state index is 13.5. The van der Waals surface area contributed by atoms with Crippen LogP contribution in [0.15, 0.2) is 41.2 Å². The Balaban J connectivity index is 1.12. The molecule has 4 fully saturated rings. The zero-order valence-electron chi connectivity index (χ0n) is 19.7. The summed E-state index contributed by atoms with van der Waals surface area (Å²) in [5.41, 5.74) is 4.11. The van der Waals surface area contributed by atoms with Crippen molar-refractivity contribution in [2.75, 3.05) is 19.6 Å². The van der Waals surface area contributed by atoms with Gasteiger partial charge in [0.15, 0.2) is 5.69 Å². The van der Waals surface area contributed by atoms with E-state index in [0.29, 0.717) is 35.9 Å². The summed E-state index contributed by atoms with van der Waals surface area (Å²) in [7, 11) is 0. The van der Waals surface area contributed by atoms with E-state index in [1.165, 1.54) is 23.3 Å². The second-order valence-electron chi connectivity index (χ2n) is 10.6. The highest BCUT2D eigenvalue weighted by Gasteiger charge is 2.51. The minimum atomic E-state index is -0.323. The zero-order valence-corrected chi connectivity index (χ0v) is 21.3. The van der Waals surface area contributed by atoms with E-state index >= 15 is 0 Å². The fraction of sp³-hybridized carbons (Fsp3) is 0.444. The van der Waals surface area contributed by atoms with E-state index in [0.717, 1.165) is 29.6 Å². The van der Waals surface area contributed by atoms with Crippen LogP contribution in [0.2, 0.25) is 5.02 Å². The van der Waals surface area contributed by atoms with Crippen LogP contribution in [0.25, 0.3) is 16.8 Å². The van der Waals surface area contributed by atoms with Crippen LogP contribution in [0.4, 0.5) is 0 Å². The van der Waals surface area contributed by atoms with Crippen molar-refractivity contribution in [3.8, 4) is 11.3 Å². The number of amides is 2. The summed E-state index contributed by atoms with van der Waals surface area (Å²) in [6, 6.07) is 6.25. The van der Waals surface area contributed by atoms with Gasteiger partial charge in [0.05, 0.1) is 22.3 Å². The second kappa shape index (κ2) is 8.43. The average Bonchev–Trinajstić information content (AvgIpc) is 3.76. The normalized spacial score (nSPS) is 27.9. The molecule has 3 aromatic rings. The Kier molecular flexibility index (Phi) is 5.27. The molecule has 1 saturated heterocycles. The Bertz CT molecular complexity index is 1400. The predicted molar refractivity (Wildman–Crippen MR) is 138 cm³/mol. The first-order chi connectivity index (χ1) is 17.5. The summed E-state index contributed by atoms with van der Waals surface area (Å²) in [5.74, 6) is 1.29. The second-order valence-corrected chi connectivity index (χ2v) is 11.8. The Morgan fingerprint density at radius 1 is 1.22 bits per heavy atom. The van der Waals surface area contributed by atoms with E-state index in [2.05, 4.69) is 22.6 Å². The number of fused-ring (bicyclic) bond motifs is 2. The van der Waals surface area contributed by atoms with Gasteiger partial charge < -0.3 is 14.9 Å². The largest absolute Gasteiger partial charge is 0.392 e. The van der Waals surface area contributed by atoms with Gasteiger partial charge >= 0.3 is 0 Å². The first-order valence-corrected chi connectivity index (χ1v) is 14.0. The first-order valence-electron chi connectivity index (χ1n) is 12.7. The highest BCUT2D eigenvalue weighted by atomic mass is 35.5. The van der Waals surface area contributed by atoms with Gasteiger partial charge in [-0.25, -0.2) is 4.52 Å². The quantitative estimate of drug-likeness (QED) is 0.538. The highest BCUT2D eigenvalue weighted by Crippen LogP contribution is 2.54. The van der Waals surface area contributed by atoms with Gasteiger partial charge in [-0.3, -0.25) is 9.59 Å². The van der Waals surface area contributed by atoms with Crippen molar-refractivity contribution >= 4 is 40.3 Å². The molecule has 1 unspecified atom stereocenters. The van der Waals surface area contributed by atoms with E-state index in [4.69, 9.17) is 11.6 Å². The van der Waals surface area contributed by atoms with Crippen LogP contribution in [0.3, 0.4) is 0 Å². The molecule has 0 spiro atoms. The Morgan fingerprint density at radius 3 is 2.78 bits per heavy atom. The van der Waals surface area contributed by atoms with Crippen molar-refractivity contribution in [2.24, 2.45) is 17.8 Å². The molecule has 0 radical (unpaired) electrons. The first kappa shape index (κ1) is 22.5. The molecule has 4 aliphatic rings. The number of aromatic nitrogens is 2. The summed E-state index contributed by atoms with van der Waals surface area (Å²) >= 11 is 8.38. The summed E-state index contributed by atoms with van der Waals surface area (Å²) < 4.78 is 1.77.